The van der Waals surface area contributed by atoms with Gasteiger partial charge in [0.2, 0.25) is 0 Å². The maximum absolute atomic E-state index is 5.13. The Morgan fingerprint density at radius 3 is 1.78 bits per heavy atom. The maximum atomic E-state index is 5.13. The molecule has 0 unspecified atom stereocenters. The lowest BCUT2D eigenvalue weighted by atomic mass is 10.1. The Hall–Kier alpha value is -0.120. The summed E-state index contributed by atoms with van der Waals surface area (Å²) in [4.78, 5) is 2.15. The van der Waals surface area contributed by atoms with Crippen molar-refractivity contribution < 1.29 is 9.47 Å². The molecule has 1 heterocycles. The molecule has 0 amide bonds. The van der Waals surface area contributed by atoms with Crippen LogP contribution in [0.5, 0.6) is 0 Å². The molecule has 0 saturated carbocycles. The SMILES string of the molecule is COC1(OC)CN(C)C1. The van der Waals surface area contributed by atoms with E-state index < -0.39 is 0 Å². The average molecular weight is 131 g/mol. The number of hydrogen-bond donors (Lipinski definition) is 0. The fourth-order valence-corrected chi connectivity index (χ4v) is 1.12. The van der Waals surface area contributed by atoms with Crippen LogP contribution in [0.1, 0.15) is 0 Å². The Kier molecular flexibility index (Phi) is 1.75. The molecule has 0 spiro atoms. The van der Waals surface area contributed by atoms with Crippen molar-refractivity contribution >= 4 is 0 Å². The second kappa shape index (κ2) is 2.25. The summed E-state index contributed by atoms with van der Waals surface area (Å²) < 4.78 is 10.3. The normalized spacial score (nSPS) is 25.7. The highest BCUT2D eigenvalue weighted by atomic mass is 16.7. The van der Waals surface area contributed by atoms with Crippen LogP contribution in [0.25, 0.3) is 0 Å². The molecule has 0 atom stereocenters. The van der Waals surface area contributed by atoms with E-state index in [1.165, 1.54) is 0 Å². The molecule has 1 aliphatic heterocycles. The minimum atomic E-state index is -0.297. The monoisotopic (exact) mass is 131 g/mol. The van der Waals surface area contributed by atoms with Gasteiger partial charge in [0.1, 0.15) is 0 Å². The van der Waals surface area contributed by atoms with E-state index in [9.17, 15) is 0 Å². The van der Waals surface area contributed by atoms with Gasteiger partial charge in [0.25, 0.3) is 0 Å². The first-order valence-electron chi connectivity index (χ1n) is 3.01. The molecular weight excluding hydrogens is 118 g/mol. The third-order valence-electron chi connectivity index (χ3n) is 1.77. The lowest BCUT2D eigenvalue weighted by Crippen LogP contribution is -2.62. The molecule has 0 radical (unpaired) electrons. The summed E-state index contributed by atoms with van der Waals surface area (Å²) in [6.45, 7) is 1.75. The van der Waals surface area contributed by atoms with Crippen molar-refractivity contribution in [1.82, 2.24) is 4.90 Å². The molecule has 9 heavy (non-hydrogen) atoms. The minimum absolute atomic E-state index is 0.297. The van der Waals surface area contributed by atoms with Crippen LogP contribution in [-0.4, -0.2) is 45.0 Å². The van der Waals surface area contributed by atoms with E-state index in [1.54, 1.807) is 14.2 Å². The molecule has 54 valence electrons. The predicted octanol–water partition coefficient (Wildman–Crippen LogP) is -0.0791. The van der Waals surface area contributed by atoms with Gasteiger partial charge in [-0.15, -0.1) is 0 Å². The number of nitrogens with zero attached hydrogens (tertiary/aromatic N) is 1. The first-order valence-corrected chi connectivity index (χ1v) is 3.01. The van der Waals surface area contributed by atoms with Crippen molar-refractivity contribution in [1.29, 1.82) is 0 Å². The average Bonchev–Trinajstić information content (AvgIpc) is 1.81. The third-order valence-corrected chi connectivity index (χ3v) is 1.77. The third kappa shape index (κ3) is 1.08. The molecule has 3 heteroatoms. The van der Waals surface area contributed by atoms with Gasteiger partial charge in [0.15, 0.2) is 5.79 Å². The van der Waals surface area contributed by atoms with Crippen LogP contribution in [0.4, 0.5) is 0 Å². The van der Waals surface area contributed by atoms with Crippen molar-refractivity contribution in [3.63, 3.8) is 0 Å². The predicted molar refractivity (Wildman–Crippen MR) is 34.2 cm³/mol. The summed E-state index contributed by atoms with van der Waals surface area (Å²) in [6.07, 6.45) is 0. The smallest absolute Gasteiger partial charge is 0.193 e. The second-order valence-electron chi connectivity index (χ2n) is 2.49. The molecule has 1 saturated heterocycles. The quantitative estimate of drug-likeness (QED) is 0.489. The Balaban J connectivity index is 2.36. The fourth-order valence-electron chi connectivity index (χ4n) is 1.12. The molecule has 0 aromatic rings. The van der Waals surface area contributed by atoms with Gasteiger partial charge < -0.3 is 9.47 Å². The summed E-state index contributed by atoms with van der Waals surface area (Å²) in [5.74, 6) is -0.297. The van der Waals surface area contributed by atoms with Gasteiger partial charge in [-0.1, -0.05) is 0 Å². The van der Waals surface area contributed by atoms with Gasteiger partial charge in [0.05, 0.1) is 13.1 Å². The van der Waals surface area contributed by atoms with E-state index in [2.05, 4.69) is 4.90 Å². The van der Waals surface area contributed by atoms with E-state index in [4.69, 9.17) is 9.47 Å². The second-order valence-corrected chi connectivity index (χ2v) is 2.49. The Morgan fingerprint density at radius 1 is 1.22 bits per heavy atom. The zero-order valence-corrected chi connectivity index (χ0v) is 6.18. The molecule has 0 aliphatic carbocycles. The van der Waals surface area contributed by atoms with E-state index in [0.29, 0.717) is 0 Å². The minimum Gasteiger partial charge on any atom is -0.351 e. The zero-order valence-electron chi connectivity index (χ0n) is 6.18. The molecule has 1 rings (SSSR count). The van der Waals surface area contributed by atoms with Crippen LogP contribution in [0.3, 0.4) is 0 Å². The van der Waals surface area contributed by atoms with Crippen LogP contribution in [0.2, 0.25) is 0 Å². The van der Waals surface area contributed by atoms with Crippen LogP contribution >= 0.6 is 0 Å². The van der Waals surface area contributed by atoms with Gasteiger partial charge >= 0.3 is 0 Å². The van der Waals surface area contributed by atoms with E-state index in [0.717, 1.165) is 13.1 Å². The van der Waals surface area contributed by atoms with Crippen LogP contribution in [0.15, 0.2) is 0 Å². The summed E-state index contributed by atoms with van der Waals surface area (Å²) in [7, 11) is 5.39. The lowest BCUT2D eigenvalue weighted by molar-refractivity contribution is -0.270. The molecule has 1 aliphatic rings. The van der Waals surface area contributed by atoms with Crippen molar-refractivity contribution in [2.75, 3.05) is 34.4 Å². The molecule has 3 nitrogen and oxygen atoms in total. The topological polar surface area (TPSA) is 21.7 Å². The van der Waals surface area contributed by atoms with Gasteiger partial charge in [0, 0.05) is 14.2 Å². The van der Waals surface area contributed by atoms with Gasteiger partial charge in [-0.25, -0.2) is 0 Å². The number of rotatable bonds is 2. The fraction of sp³-hybridized carbons (Fsp3) is 1.00. The number of hydrogen-bond acceptors (Lipinski definition) is 3. The Morgan fingerprint density at radius 2 is 1.67 bits per heavy atom. The molecule has 0 N–H and O–H groups in total. The standard InChI is InChI=1S/C6H13NO2/c1-7-4-6(5-7,8-2)9-3/h4-5H2,1-3H3. The summed E-state index contributed by atoms with van der Waals surface area (Å²) in [5, 5.41) is 0. The largest absolute Gasteiger partial charge is 0.351 e. The summed E-state index contributed by atoms with van der Waals surface area (Å²) >= 11 is 0. The number of likely N-dealkylation sites (tertiary alicyclic amines) is 1. The molecule has 0 bridgehead atoms. The highest BCUT2D eigenvalue weighted by Crippen LogP contribution is 2.22. The van der Waals surface area contributed by atoms with Crippen molar-refractivity contribution in [2.45, 2.75) is 5.79 Å². The Bertz CT molecular complexity index is 93.2. The van der Waals surface area contributed by atoms with Gasteiger partial charge in [-0.2, -0.15) is 0 Å². The number of likely N-dealkylation sites (N-methyl/N-ethyl adjacent to an activating group) is 1. The van der Waals surface area contributed by atoms with Crippen LogP contribution in [-0.2, 0) is 9.47 Å². The zero-order chi connectivity index (χ0) is 6.91. The molecule has 0 aromatic carbocycles. The molecular formula is C6H13NO2. The van der Waals surface area contributed by atoms with E-state index >= 15 is 0 Å². The highest BCUT2D eigenvalue weighted by Gasteiger charge is 2.41. The van der Waals surface area contributed by atoms with E-state index in [-0.39, 0.29) is 5.79 Å². The van der Waals surface area contributed by atoms with E-state index in [1.807, 2.05) is 7.05 Å². The number of methoxy groups -OCH3 is 2. The van der Waals surface area contributed by atoms with Gasteiger partial charge in [-0.05, 0) is 7.05 Å². The summed E-state index contributed by atoms with van der Waals surface area (Å²) in [6, 6.07) is 0. The first kappa shape index (κ1) is 6.99. The Labute approximate surface area is 55.5 Å². The highest BCUT2D eigenvalue weighted by molar-refractivity contribution is 4.86. The first-order chi connectivity index (χ1) is 4.22. The maximum Gasteiger partial charge on any atom is 0.193 e. The summed E-state index contributed by atoms with van der Waals surface area (Å²) in [5.41, 5.74) is 0. The van der Waals surface area contributed by atoms with Crippen LogP contribution < -0.4 is 0 Å². The van der Waals surface area contributed by atoms with Crippen molar-refractivity contribution in [3.05, 3.63) is 0 Å². The van der Waals surface area contributed by atoms with Gasteiger partial charge in [-0.3, -0.25) is 4.90 Å². The van der Waals surface area contributed by atoms with Crippen LogP contribution in [0, 0.1) is 0 Å². The lowest BCUT2D eigenvalue weighted by Gasteiger charge is -2.45. The molecule has 1 fully saturated rings. The van der Waals surface area contributed by atoms with Crippen molar-refractivity contribution in [2.24, 2.45) is 0 Å². The van der Waals surface area contributed by atoms with Crippen molar-refractivity contribution in [3.8, 4) is 0 Å². The molecule has 0 aromatic heterocycles. The number of ether oxygens (including phenoxy) is 2.